The van der Waals surface area contributed by atoms with Crippen molar-refractivity contribution in [2.75, 3.05) is 0 Å². The predicted molar refractivity (Wildman–Crippen MR) is 141 cm³/mol. The summed E-state index contributed by atoms with van der Waals surface area (Å²) >= 11 is 4.91. The van der Waals surface area contributed by atoms with Gasteiger partial charge in [-0.2, -0.15) is 17.7 Å². The fourth-order valence-corrected chi connectivity index (χ4v) is 4.54. The monoisotopic (exact) mass is 467 g/mol. The molecule has 0 saturated heterocycles. The normalized spacial score (nSPS) is 12.2. The molecule has 0 aliphatic heterocycles. The number of unbranched alkanes of at least 4 members (excludes halogenated alkanes) is 1. The van der Waals surface area contributed by atoms with Crippen molar-refractivity contribution in [1.29, 1.82) is 0 Å². The lowest BCUT2D eigenvalue weighted by molar-refractivity contribution is 0.529. The van der Waals surface area contributed by atoms with Crippen molar-refractivity contribution in [2.24, 2.45) is 0 Å². The lowest BCUT2D eigenvalue weighted by Crippen LogP contribution is -2.04. The highest BCUT2D eigenvalue weighted by Crippen LogP contribution is 2.34. The van der Waals surface area contributed by atoms with Gasteiger partial charge in [0.05, 0.1) is 16.6 Å². The first-order valence-corrected chi connectivity index (χ1v) is 12.3. The molecule has 34 heavy (non-hydrogen) atoms. The first kappa shape index (κ1) is 22.3. The van der Waals surface area contributed by atoms with Gasteiger partial charge in [0, 0.05) is 41.8 Å². The van der Waals surface area contributed by atoms with E-state index in [-0.39, 0.29) is 5.25 Å². The average molecular weight is 468 g/mol. The lowest BCUT2D eigenvalue weighted by atomic mass is 10.1. The molecular formula is C28H29N5S. The van der Waals surface area contributed by atoms with Gasteiger partial charge in [-0.1, -0.05) is 67.1 Å². The van der Waals surface area contributed by atoms with Crippen LogP contribution in [0.25, 0.3) is 28.3 Å². The summed E-state index contributed by atoms with van der Waals surface area (Å²) < 4.78 is 4.13. The first-order valence-electron chi connectivity index (χ1n) is 11.8. The summed E-state index contributed by atoms with van der Waals surface area (Å²) in [4.78, 5) is 8.56. The standard InChI is InChI=1S/C28H29N5S/c1-21-20-25(32-17-10-11-18-32)31-33(21)19-9-8-16-24(34)28-29-26(22-12-4-2-5-13-22)27(30-28)23-14-6-3-7-15-23/h2-7,10-15,17-18,20,24,34H,8-9,16,19H2,1H3,(H,29,30). The molecule has 0 aliphatic carbocycles. The Morgan fingerprint density at radius 2 is 1.56 bits per heavy atom. The summed E-state index contributed by atoms with van der Waals surface area (Å²) in [6, 6.07) is 26.9. The van der Waals surface area contributed by atoms with E-state index in [0.29, 0.717) is 0 Å². The van der Waals surface area contributed by atoms with Gasteiger partial charge in [-0.05, 0) is 31.9 Å². The molecule has 0 radical (unpaired) electrons. The minimum atomic E-state index is 0.0501. The molecule has 0 saturated carbocycles. The molecule has 1 atom stereocenters. The van der Waals surface area contributed by atoms with Crippen molar-refractivity contribution in [3.8, 4) is 28.3 Å². The maximum Gasteiger partial charge on any atom is 0.158 e. The highest BCUT2D eigenvalue weighted by atomic mass is 32.1. The van der Waals surface area contributed by atoms with Gasteiger partial charge in [0.2, 0.25) is 0 Å². The number of aromatic nitrogens is 5. The Balaban J connectivity index is 1.25. The number of rotatable bonds is 9. The van der Waals surface area contributed by atoms with Gasteiger partial charge in [-0.25, -0.2) is 4.98 Å². The third-order valence-electron chi connectivity index (χ3n) is 6.08. The maximum absolute atomic E-state index is 4.99. The van der Waals surface area contributed by atoms with Crippen LogP contribution in [-0.4, -0.2) is 24.3 Å². The van der Waals surface area contributed by atoms with Crippen LogP contribution in [-0.2, 0) is 6.54 Å². The van der Waals surface area contributed by atoms with E-state index >= 15 is 0 Å². The van der Waals surface area contributed by atoms with E-state index in [9.17, 15) is 0 Å². The summed E-state index contributed by atoms with van der Waals surface area (Å²) in [5.41, 5.74) is 5.44. The summed E-state index contributed by atoms with van der Waals surface area (Å²) in [7, 11) is 0. The fraction of sp³-hybridized carbons (Fsp3) is 0.214. The number of nitrogens with zero attached hydrogens (tertiary/aromatic N) is 4. The second kappa shape index (κ2) is 10.2. The zero-order valence-electron chi connectivity index (χ0n) is 19.3. The fourth-order valence-electron chi connectivity index (χ4n) is 4.24. The number of thiol groups is 1. The number of aromatic amines is 1. The van der Waals surface area contributed by atoms with E-state index in [0.717, 1.165) is 60.0 Å². The van der Waals surface area contributed by atoms with Gasteiger partial charge in [-0.3, -0.25) is 4.68 Å². The van der Waals surface area contributed by atoms with Crippen molar-refractivity contribution in [3.63, 3.8) is 0 Å². The van der Waals surface area contributed by atoms with Crippen molar-refractivity contribution in [1.82, 2.24) is 24.3 Å². The molecule has 1 unspecified atom stereocenters. The molecule has 3 aromatic heterocycles. The number of benzene rings is 2. The van der Waals surface area contributed by atoms with Crippen molar-refractivity contribution in [2.45, 2.75) is 38.0 Å². The second-order valence-electron chi connectivity index (χ2n) is 8.55. The van der Waals surface area contributed by atoms with Crippen molar-refractivity contribution < 1.29 is 0 Å². The van der Waals surface area contributed by atoms with E-state index in [4.69, 9.17) is 22.7 Å². The van der Waals surface area contributed by atoms with Crippen LogP contribution in [0.1, 0.15) is 36.0 Å². The molecule has 1 N–H and O–H groups in total. The Labute approximate surface area is 205 Å². The molecule has 0 fully saturated rings. The Bertz CT molecular complexity index is 1260. The van der Waals surface area contributed by atoms with Crippen LogP contribution in [0, 0.1) is 6.92 Å². The van der Waals surface area contributed by atoms with Crippen LogP contribution in [0.3, 0.4) is 0 Å². The summed E-state index contributed by atoms with van der Waals surface area (Å²) in [5, 5.41) is 4.80. The van der Waals surface area contributed by atoms with Crippen LogP contribution in [0.4, 0.5) is 0 Å². The molecular weight excluding hydrogens is 438 g/mol. The predicted octanol–water partition coefficient (Wildman–Crippen LogP) is 6.88. The Morgan fingerprint density at radius 3 is 2.26 bits per heavy atom. The van der Waals surface area contributed by atoms with E-state index in [1.807, 2.05) is 41.2 Å². The van der Waals surface area contributed by atoms with Crippen LogP contribution in [0.15, 0.2) is 91.3 Å². The molecule has 5 nitrogen and oxygen atoms in total. The van der Waals surface area contributed by atoms with E-state index in [2.05, 4.69) is 71.2 Å². The molecule has 0 bridgehead atoms. The maximum atomic E-state index is 4.99. The molecule has 6 heteroatoms. The molecule has 0 spiro atoms. The Hall–Kier alpha value is -3.51. The minimum Gasteiger partial charge on any atom is -0.341 e. The van der Waals surface area contributed by atoms with Crippen molar-refractivity contribution >= 4 is 12.6 Å². The van der Waals surface area contributed by atoms with Gasteiger partial charge in [0.25, 0.3) is 0 Å². The number of hydrogen-bond acceptors (Lipinski definition) is 3. The van der Waals surface area contributed by atoms with Crippen LogP contribution in [0.5, 0.6) is 0 Å². The van der Waals surface area contributed by atoms with Gasteiger partial charge in [0.1, 0.15) is 5.82 Å². The topological polar surface area (TPSA) is 51.4 Å². The van der Waals surface area contributed by atoms with Crippen molar-refractivity contribution in [3.05, 3.63) is 103 Å². The molecule has 3 heterocycles. The zero-order chi connectivity index (χ0) is 23.3. The van der Waals surface area contributed by atoms with E-state index in [1.54, 1.807) is 0 Å². The molecule has 172 valence electrons. The van der Waals surface area contributed by atoms with Crippen LogP contribution >= 0.6 is 12.6 Å². The molecule has 0 amide bonds. The number of aryl methyl sites for hydroxylation is 2. The number of imidazole rings is 1. The van der Waals surface area contributed by atoms with Gasteiger partial charge in [-0.15, -0.1) is 0 Å². The molecule has 5 rings (SSSR count). The Kier molecular flexibility index (Phi) is 6.67. The number of H-pyrrole nitrogens is 1. The zero-order valence-corrected chi connectivity index (χ0v) is 20.2. The molecule has 0 aliphatic rings. The summed E-state index contributed by atoms with van der Waals surface area (Å²) in [6.45, 7) is 3.01. The number of hydrogen-bond donors (Lipinski definition) is 2. The largest absolute Gasteiger partial charge is 0.341 e. The third kappa shape index (κ3) is 4.87. The lowest BCUT2D eigenvalue weighted by Gasteiger charge is -2.08. The van der Waals surface area contributed by atoms with Crippen LogP contribution in [0.2, 0.25) is 0 Å². The SMILES string of the molecule is Cc1cc(-n2cccc2)nn1CCCCC(S)c1nc(-c2ccccc2)c(-c2ccccc2)[nH]1. The minimum absolute atomic E-state index is 0.0501. The van der Waals surface area contributed by atoms with Gasteiger partial charge < -0.3 is 9.55 Å². The smallest absolute Gasteiger partial charge is 0.158 e. The second-order valence-corrected chi connectivity index (χ2v) is 9.17. The van der Waals surface area contributed by atoms with Crippen LogP contribution < -0.4 is 0 Å². The average Bonchev–Trinajstić information content (AvgIpc) is 3.63. The van der Waals surface area contributed by atoms with Gasteiger partial charge in [0.15, 0.2) is 5.82 Å². The molecule has 5 aromatic rings. The van der Waals surface area contributed by atoms with E-state index in [1.165, 1.54) is 5.69 Å². The summed E-state index contributed by atoms with van der Waals surface area (Å²) in [6.07, 6.45) is 7.09. The summed E-state index contributed by atoms with van der Waals surface area (Å²) in [5.74, 6) is 1.89. The number of nitrogens with one attached hydrogen (secondary N) is 1. The van der Waals surface area contributed by atoms with Gasteiger partial charge >= 0.3 is 0 Å². The van der Waals surface area contributed by atoms with E-state index < -0.39 is 0 Å². The third-order valence-corrected chi connectivity index (χ3v) is 6.58. The highest BCUT2D eigenvalue weighted by molar-refractivity contribution is 7.80. The quantitative estimate of drug-likeness (QED) is 0.183. The molecule has 2 aromatic carbocycles. The highest BCUT2D eigenvalue weighted by Gasteiger charge is 2.18. The Morgan fingerprint density at radius 1 is 0.882 bits per heavy atom. The first-order chi connectivity index (χ1) is 16.7.